The van der Waals surface area contributed by atoms with E-state index < -0.39 is 0 Å². The largest absolute Gasteiger partial charge is 0.383 e. The Kier molecular flexibility index (Phi) is 7.95. The van der Waals surface area contributed by atoms with Gasteiger partial charge >= 0.3 is 0 Å². The Morgan fingerprint density at radius 2 is 1.97 bits per heavy atom. The van der Waals surface area contributed by atoms with Crippen molar-refractivity contribution in [3.05, 3.63) is 53.1 Å². The van der Waals surface area contributed by atoms with Crippen LogP contribution in [0.4, 0.5) is 5.69 Å². The summed E-state index contributed by atoms with van der Waals surface area (Å²) >= 11 is 7.42. The number of hydrogen-bond donors (Lipinski definition) is 1. The topological polar surface area (TPSA) is 76.5 Å². The molecule has 3 rings (SSSR count). The number of hydrogen-bond acceptors (Lipinski definition) is 5. The van der Waals surface area contributed by atoms with Gasteiger partial charge in [-0.1, -0.05) is 41.1 Å². The predicted octanol–water partition coefficient (Wildman–Crippen LogP) is 3.83. The molecule has 1 aromatic heterocycles. The molecule has 0 saturated heterocycles. The molecule has 3 aromatic rings. The van der Waals surface area contributed by atoms with Crippen molar-refractivity contribution in [1.29, 1.82) is 0 Å². The average molecular weight is 461 g/mol. The number of methoxy groups -OCH3 is 1. The highest BCUT2D eigenvalue weighted by Gasteiger charge is 2.17. The number of thioether (sulfide) groups is 1. The van der Waals surface area contributed by atoms with Crippen LogP contribution >= 0.6 is 23.4 Å². The van der Waals surface area contributed by atoms with Crippen LogP contribution in [0.2, 0.25) is 5.02 Å². The number of benzene rings is 2. The van der Waals surface area contributed by atoms with Crippen molar-refractivity contribution in [3.8, 4) is 0 Å². The molecule has 0 spiro atoms. The monoisotopic (exact) mass is 460 g/mol. The molecule has 1 N–H and O–H groups in total. The second-order valence-corrected chi connectivity index (χ2v) is 8.50. The van der Waals surface area contributed by atoms with Gasteiger partial charge in [0.1, 0.15) is 0 Å². The Labute approximate surface area is 190 Å². The lowest BCUT2D eigenvalue weighted by Gasteiger charge is -2.17. The summed E-state index contributed by atoms with van der Waals surface area (Å²) in [5, 5.41) is 4.12. The Bertz CT molecular complexity index is 1070. The maximum absolute atomic E-state index is 12.6. The number of aromatic nitrogens is 2. The molecule has 2 aromatic carbocycles. The van der Waals surface area contributed by atoms with Crippen LogP contribution < -0.4 is 5.32 Å². The molecule has 9 heteroatoms. The van der Waals surface area contributed by atoms with Crippen molar-refractivity contribution in [2.24, 2.45) is 0 Å². The number of fused-ring (bicyclic) bond motifs is 1. The van der Waals surface area contributed by atoms with Gasteiger partial charge < -0.3 is 19.5 Å². The van der Waals surface area contributed by atoms with Gasteiger partial charge in [-0.15, -0.1) is 0 Å². The first kappa shape index (κ1) is 23.1. The van der Waals surface area contributed by atoms with Gasteiger partial charge in [0.05, 0.1) is 29.9 Å². The van der Waals surface area contributed by atoms with Crippen LogP contribution in [0.15, 0.2) is 47.6 Å². The quantitative estimate of drug-likeness (QED) is 0.491. The molecule has 0 saturated carbocycles. The fourth-order valence-electron chi connectivity index (χ4n) is 2.97. The van der Waals surface area contributed by atoms with Gasteiger partial charge in [0.25, 0.3) is 0 Å². The molecule has 2 amide bonds. The van der Waals surface area contributed by atoms with E-state index >= 15 is 0 Å². The standard InChI is InChI=1S/C22H25ClN4O3S/c1-15-4-7-17(8-5-15)24-20(28)13-26(2)21(29)14-31-22-25-18-12-16(23)6-9-19(18)27(22)10-11-30-3/h4-9,12H,10-11,13-14H2,1-3H3,(H,24,28). The van der Waals surface area contributed by atoms with Crippen molar-refractivity contribution >= 4 is 51.9 Å². The second kappa shape index (κ2) is 10.7. The summed E-state index contributed by atoms with van der Waals surface area (Å²) in [5.41, 5.74) is 3.52. The molecule has 1 heterocycles. The minimum atomic E-state index is -0.244. The van der Waals surface area contributed by atoms with Crippen molar-refractivity contribution < 1.29 is 14.3 Å². The van der Waals surface area contributed by atoms with Gasteiger partial charge in [-0.05, 0) is 37.3 Å². The molecule has 164 valence electrons. The molecule has 0 bridgehead atoms. The van der Waals surface area contributed by atoms with Crippen LogP contribution in [-0.4, -0.2) is 59.3 Å². The Morgan fingerprint density at radius 1 is 1.23 bits per heavy atom. The lowest BCUT2D eigenvalue weighted by molar-refractivity contribution is -0.131. The third-order valence-electron chi connectivity index (χ3n) is 4.66. The normalized spacial score (nSPS) is 11.0. The van der Waals surface area contributed by atoms with Crippen LogP contribution in [0, 0.1) is 6.92 Å². The lowest BCUT2D eigenvalue weighted by Crippen LogP contribution is -2.36. The fourth-order valence-corrected chi connectivity index (χ4v) is 4.11. The number of anilines is 1. The molecule has 0 unspecified atom stereocenters. The van der Waals surface area contributed by atoms with E-state index in [1.165, 1.54) is 16.7 Å². The lowest BCUT2D eigenvalue weighted by atomic mass is 10.2. The number of imidazole rings is 1. The molecular formula is C22H25ClN4O3S. The van der Waals surface area contributed by atoms with E-state index in [0.717, 1.165) is 16.6 Å². The number of ether oxygens (including phenoxy) is 1. The molecule has 0 aliphatic rings. The SMILES string of the molecule is COCCn1c(SCC(=O)N(C)CC(=O)Nc2ccc(C)cc2)nc2cc(Cl)ccc21. The van der Waals surface area contributed by atoms with Crippen LogP contribution in [-0.2, 0) is 20.9 Å². The van der Waals surface area contributed by atoms with E-state index in [4.69, 9.17) is 16.3 Å². The molecule has 0 aliphatic carbocycles. The molecule has 0 fully saturated rings. The van der Waals surface area contributed by atoms with Gasteiger partial charge in [0, 0.05) is 31.4 Å². The number of halogens is 1. The Balaban J connectivity index is 1.60. The van der Waals surface area contributed by atoms with Crippen molar-refractivity contribution in [2.75, 3.05) is 38.4 Å². The van der Waals surface area contributed by atoms with Gasteiger partial charge in [0.15, 0.2) is 5.16 Å². The van der Waals surface area contributed by atoms with E-state index in [1.807, 2.05) is 47.9 Å². The summed E-state index contributed by atoms with van der Waals surface area (Å²) in [6.45, 7) is 3.09. The number of amides is 2. The zero-order valence-electron chi connectivity index (χ0n) is 17.7. The number of carbonyl (C=O) groups excluding carboxylic acids is 2. The van der Waals surface area contributed by atoms with Crippen LogP contribution in [0.1, 0.15) is 5.56 Å². The van der Waals surface area contributed by atoms with E-state index in [9.17, 15) is 9.59 Å². The molecule has 7 nitrogen and oxygen atoms in total. The smallest absolute Gasteiger partial charge is 0.243 e. The van der Waals surface area contributed by atoms with Gasteiger partial charge in [-0.2, -0.15) is 0 Å². The third kappa shape index (κ3) is 6.22. The summed E-state index contributed by atoms with van der Waals surface area (Å²) in [6, 6.07) is 13.0. The first-order chi connectivity index (χ1) is 14.9. The van der Waals surface area contributed by atoms with E-state index in [0.29, 0.717) is 29.0 Å². The highest BCUT2D eigenvalue weighted by atomic mass is 35.5. The molecular weight excluding hydrogens is 436 g/mol. The Morgan fingerprint density at radius 3 is 2.68 bits per heavy atom. The summed E-state index contributed by atoms with van der Waals surface area (Å²) in [7, 11) is 3.26. The third-order valence-corrected chi connectivity index (χ3v) is 5.86. The van der Waals surface area contributed by atoms with Crippen LogP contribution in [0.25, 0.3) is 11.0 Å². The minimum Gasteiger partial charge on any atom is -0.383 e. The van der Waals surface area contributed by atoms with E-state index in [1.54, 1.807) is 20.2 Å². The summed E-state index contributed by atoms with van der Waals surface area (Å²) in [6.07, 6.45) is 0. The summed E-state index contributed by atoms with van der Waals surface area (Å²) < 4.78 is 7.21. The van der Waals surface area contributed by atoms with Gasteiger partial charge in [-0.25, -0.2) is 4.98 Å². The molecule has 0 aliphatic heterocycles. The average Bonchev–Trinajstić information content (AvgIpc) is 3.08. The van der Waals surface area contributed by atoms with Crippen LogP contribution in [0.5, 0.6) is 0 Å². The number of nitrogens with one attached hydrogen (secondary N) is 1. The molecule has 0 radical (unpaired) electrons. The maximum atomic E-state index is 12.6. The molecule has 31 heavy (non-hydrogen) atoms. The van der Waals surface area contributed by atoms with E-state index in [2.05, 4.69) is 10.3 Å². The second-order valence-electron chi connectivity index (χ2n) is 7.12. The summed E-state index contributed by atoms with van der Waals surface area (Å²) in [4.78, 5) is 30.9. The number of rotatable bonds is 9. The van der Waals surface area contributed by atoms with Crippen molar-refractivity contribution in [1.82, 2.24) is 14.5 Å². The van der Waals surface area contributed by atoms with Crippen LogP contribution in [0.3, 0.4) is 0 Å². The van der Waals surface area contributed by atoms with Gasteiger partial charge in [0.2, 0.25) is 11.8 Å². The van der Waals surface area contributed by atoms with E-state index in [-0.39, 0.29) is 24.1 Å². The predicted molar refractivity (Wildman–Crippen MR) is 125 cm³/mol. The number of aryl methyl sites for hydroxylation is 1. The highest BCUT2D eigenvalue weighted by Crippen LogP contribution is 2.26. The van der Waals surface area contributed by atoms with Crippen molar-refractivity contribution in [2.45, 2.75) is 18.6 Å². The summed E-state index contributed by atoms with van der Waals surface area (Å²) in [5.74, 6) is -0.239. The number of carbonyl (C=O) groups is 2. The van der Waals surface area contributed by atoms with Gasteiger partial charge in [-0.3, -0.25) is 9.59 Å². The zero-order chi connectivity index (χ0) is 22.4. The highest BCUT2D eigenvalue weighted by molar-refractivity contribution is 7.99. The number of likely N-dealkylation sites (N-methyl/N-ethyl adjacent to an activating group) is 1. The zero-order valence-corrected chi connectivity index (χ0v) is 19.3. The molecule has 0 atom stereocenters. The first-order valence-electron chi connectivity index (χ1n) is 9.75. The maximum Gasteiger partial charge on any atom is 0.243 e. The minimum absolute atomic E-state index is 0.0248. The fraction of sp³-hybridized carbons (Fsp3) is 0.318. The number of nitrogens with zero attached hydrogens (tertiary/aromatic N) is 3. The Hall–Kier alpha value is -2.55. The van der Waals surface area contributed by atoms with Crippen molar-refractivity contribution in [3.63, 3.8) is 0 Å². The first-order valence-corrected chi connectivity index (χ1v) is 11.1.